The standard InChI is InChI=1S/C9H11FO2/c1-6-2-3-7(8(11)4-6)9(12)5-10/h2-4,9,11-12H,5H2,1H3. The zero-order valence-corrected chi connectivity index (χ0v) is 6.79. The molecule has 0 saturated heterocycles. The summed E-state index contributed by atoms with van der Waals surface area (Å²) >= 11 is 0. The molecule has 12 heavy (non-hydrogen) atoms. The van der Waals surface area contributed by atoms with Crippen LogP contribution in [0.5, 0.6) is 5.75 Å². The molecule has 0 aliphatic carbocycles. The quantitative estimate of drug-likeness (QED) is 0.709. The smallest absolute Gasteiger partial charge is 0.121 e. The Bertz CT molecular complexity index is 273. The second kappa shape index (κ2) is 3.54. The summed E-state index contributed by atoms with van der Waals surface area (Å²) < 4.78 is 12.0. The zero-order chi connectivity index (χ0) is 9.14. The molecule has 2 N–H and O–H groups in total. The van der Waals surface area contributed by atoms with E-state index < -0.39 is 12.8 Å². The average molecular weight is 170 g/mol. The second-order valence-corrected chi connectivity index (χ2v) is 2.73. The molecule has 1 rings (SSSR count). The molecule has 0 amide bonds. The first-order valence-electron chi connectivity index (χ1n) is 3.68. The van der Waals surface area contributed by atoms with E-state index in [1.807, 2.05) is 6.92 Å². The average Bonchev–Trinajstić information content (AvgIpc) is 2.03. The number of hydrogen-bond acceptors (Lipinski definition) is 2. The minimum atomic E-state index is -1.22. The van der Waals surface area contributed by atoms with E-state index in [0.29, 0.717) is 0 Å². The highest BCUT2D eigenvalue weighted by Crippen LogP contribution is 2.25. The third-order valence-corrected chi connectivity index (χ3v) is 1.69. The lowest BCUT2D eigenvalue weighted by atomic mass is 10.1. The third-order valence-electron chi connectivity index (χ3n) is 1.69. The topological polar surface area (TPSA) is 40.5 Å². The number of benzene rings is 1. The lowest BCUT2D eigenvalue weighted by Gasteiger charge is -2.08. The number of aliphatic hydroxyl groups excluding tert-OH is 1. The minimum absolute atomic E-state index is 0.0554. The van der Waals surface area contributed by atoms with Gasteiger partial charge in [-0.05, 0) is 18.6 Å². The van der Waals surface area contributed by atoms with Gasteiger partial charge in [-0.15, -0.1) is 0 Å². The molecule has 0 aromatic heterocycles. The maximum atomic E-state index is 12.0. The highest BCUT2D eigenvalue weighted by atomic mass is 19.1. The largest absolute Gasteiger partial charge is 0.508 e. The van der Waals surface area contributed by atoms with Crippen LogP contribution in [0.2, 0.25) is 0 Å². The number of halogens is 1. The lowest BCUT2D eigenvalue weighted by molar-refractivity contribution is 0.138. The van der Waals surface area contributed by atoms with Gasteiger partial charge < -0.3 is 10.2 Å². The Morgan fingerprint density at radius 1 is 1.50 bits per heavy atom. The normalized spacial score (nSPS) is 12.9. The first kappa shape index (κ1) is 9.00. The molecule has 0 fully saturated rings. The van der Waals surface area contributed by atoms with Crippen LogP contribution < -0.4 is 0 Å². The number of alkyl halides is 1. The highest BCUT2D eigenvalue weighted by molar-refractivity contribution is 5.37. The van der Waals surface area contributed by atoms with Crippen molar-refractivity contribution in [3.05, 3.63) is 29.3 Å². The van der Waals surface area contributed by atoms with Crippen molar-refractivity contribution in [1.82, 2.24) is 0 Å². The molecule has 0 aliphatic heterocycles. The van der Waals surface area contributed by atoms with Crippen LogP contribution in [0.4, 0.5) is 4.39 Å². The molecule has 1 unspecified atom stereocenters. The molecule has 1 aromatic carbocycles. The van der Waals surface area contributed by atoms with Crippen LogP contribution in [-0.2, 0) is 0 Å². The second-order valence-electron chi connectivity index (χ2n) is 2.73. The van der Waals surface area contributed by atoms with Crippen LogP contribution in [0.1, 0.15) is 17.2 Å². The van der Waals surface area contributed by atoms with Gasteiger partial charge in [-0.1, -0.05) is 12.1 Å². The third kappa shape index (κ3) is 1.74. The molecule has 0 bridgehead atoms. The number of phenols is 1. The summed E-state index contributed by atoms with van der Waals surface area (Å²) in [6.07, 6.45) is -1.22. The summed E-state index contributed by atoms with van der Waals surface area (Å²) in [5.74, 6) is -0.0554. The van der Waals surface area contributed by atoms with Gasteiger partial charge in [0, 0.05) is 5.56 Å². The van der Waals surface area contributed by atoms with E-state index >= 15 is 0 Å². The number of phenolic OH excluding ortho intramolecular Hbond substituents is 1. The van der Waals surface area contributed by atoms with Crippen LogP contribution >= 0.6 is 0 Å². The van der Waals surface area contributed by atoms with Crippen LogP contribution in [-0.4, -0.2) is 16.9 Å². The van der Waals surface area contributed by atoms with Gasteiger partial charge in [-0.2, -0.15) is 0 Å². The Morgan fingerprint density at radius 2 is 2.17 bits per heavy atom. The van der Waals surface area contributed by atoms with Crippen LogP contribution in [0.3, 0.4) is 0 Å². The molecule has 0 spiro atoms. The van der Waals surface area contributed by atoms with Gasteiger partial charge in [0.05, 0.1) is 0 Å². The number of rotatable bonds is 2. The monoisotopic (exact) mass is 170 g/mol. The summed E-state index contributed by atoms with van der Waals surface area (Å²) in [5, 5.41) is 18.3. The Morgan fingerprint density at radius 3 is 2.67 bits per heavy atom. The van der Waals surface area contributed by atoms with Crippen molar-refractivity contribution in [2.75, 3.05) is 6.67 Å². The Balaban J connectivity index is 3.01. The van der Waals surface area contributed by atoms with Crippen LogP contribution in [0.15, 0.2) is 18.2 Å². The molecule has 0 saturated carbocycles. The number of aromatic hydroxyl groups is 1. The fourth-order valence-electron chi connectivity index (χ4n) is 1.02. The molecule has 3 heteroatoms. The maximum absolute atomic E-state index is 12.0. The van der Waals surface area contributed by atoms with Crippen molar-refractivity contribution in [2.24, 2.45) is 0 Å². The van der Waals surface area contributed by atoms with E-state index in [9.17, 15) is 9.50 Å². The minimum Gasteiger partial charge on any atom is -0.508 e. The maximum Gasteiger partial charge on any atom is 0.121 e. The Kier molecular flexibility index (Phi) is 2.65. The summed E-state index contributed by atoms with van der Waals surface area (Å²) in [7, 11) is 0. The van der Waals surface area contributed by atoms with E-state index in [0.717, 1.165) is 5.56 Å². The molecule has 66 valence electrons. The fraction of sp³-hybridized carbons (Fsp3) is 0.333. The predicted molar refractivity (Wildman–Crippen MR) is 43.8 cm³/mol. The Hall–Kier alpha value is -1.09. The molecule has 2 nitrogen and oxygen atoms in total. The number of hydrogen-bond donors (Lipinski definition) is 2. The fourth-order valence-corrected chi connectivity index (χ4v) is 1.02. The van der Waals surface area contributed by atoms with Gasteiger partial charge in [-0.25, -0.2) is 4.39 Å². The van der Waals surface area contributed by atoms with Crippen molar-refractivity contribution in [3.63, 3.8) is 0 Å². The highest BCUT2D eigenvalue weighted by Gasteiger charge is 2.10. The first-order valence-corrected chi connectivity index (χ1v) is 3.68. The number of aliphatic hydroxyl groups is 1. The van der Waals surface area contributed by atoms with Gasteiger partial charge in [0.15, 0.2) is 0 Å². The first-order chi connectivity index (χ1) is 5.65. The van der Waals surface area contributed by atoms with Gasteiger partial charge in [0.25, 0.3) is 0 Å². The van der Waals surface area contributed by atoms with Crippen molar-refractivity contribution in [2.45, 2.75) is 13.0 Å². The molecule has 0 aliphatic rings. The van der Waals surface area contributed by atoms with Gasteiger partial charge in [-0.3, -0.25) is 0 Å². The van der Waals surface area contributed by atoms with Crippen molar-refractivity contribution in [1.29, 1.82) is 0 Å². The van der Waals surface area contributed by atoms with Gasteiger partial charge in [0.2, 0.25) is 0 Å². The van der Waals surface area contributed by atoms with Crippen molar-refractivity contribution < 1.29 is 14.6 Å². The summed E-state index contributed by atoms with van der Waals surface area (Å²) in [6.45, 7) is 0.932. The summed E-state index contributed by atoms with van der Waals surface area (Å²) in [5.41, 5.74) is 1.12. The SMILES string of the molecule is Cc1ccc(C(O)CF)c(O)c1. The van der Waals surface area contributed by atoms with Gasteiger partial charge >= 0.3 is 0 Å². The van der Waals surface area contributed by atoms with Crippen LogP contribution in [0, 0.1) is 6.92 Å². The van der Waals surface area contributed by atoms with E-state index in [1.165, 1.54) is 12.1 Å². The Labute approximate surface area is 70.3 Å². The molecule has 0 heterocycles. The van der Waals surface area contributed by atoms with E-state index in [4.69, 9.17) is 5.11 Å². The molecule has 1 aromatic rings. The lowest BCUT2D eigenvalue weighted by Crippen LogP contribution is -1.99. The summed E-state index contributed by atoms with van der Waals surface area (Å²) in [6, 6.07) is 4.73. The van der Waals surface area contributed by atoms with E-state index in [1.54, 1.807) is 6.07 Å². The zero-order valence-electron chi connectivity index (χ0n) is 6.79. The molecular weight excluding hydrogens is 159 g/mol. The van der Waals surface area contributed by atoms with E-state index in [2.05, 4.69) is 0 Å². The molecule has 1 atom stereocenters. The van der Waals surface area contributed by atoms with Gasteiger partial charge in [0.1, 0.15) is 18.5 Å². The van der Waals surface area contributed by atoms with E-state index in [-0.39, 0.29) is 11.3 Å². The van der Waals surface area contributed by atoms with Crippen molar-refractivity contribution >= 4 is 0 Å². The molecular formula is C9H11FO2. The summed E-state index contributed by atoms with van der Waals surface area (Å²) in [4.78, 5) is 0. The number of aryl methyl sites for hydroxylation is 1. The predicted octanol–water partition coefficient (Wildman–Crippen LogP) is 1.70. The van der Waals surface area contributed by atoms with Crippen LogP contribution in [0.25, 0.3) is 0 Å². The van der Waals surface area contributed by atoms with Crippen molar-refractivity contribution in [3.8, 4) is 5.75 Å². The molecule has 0 radical (unpaired) electrons.